The maximum Gasteiger partial charge on any atom is 0.338 e. The Balaban J connectivity index is 2.68. The van der Waals surface area contributed by atoms with Crippen molar-refractivity contribution in [1.29, 1.82) is 0 Å². The van der Waals surface area contributed by atoms with Crippen molar-refractivity contribution in [2.45, 2.75) is 26.7 Å². The van der Waals surface area contributed by atoms with E-state index in [0.29, 0.717) is 18.8 Å². The van der Waals surface area contributed by atoms with E-state index in [1.165, 1.54) is 0 Å². The van der Waals surface area contributed by atoms with E-state index in [0.717, 1.165) is 23.1 Å². The Morgan fingerprint density at radius 3 is 2.71 bits per heavy atom. The first kappa shape index (κ1) is 14.0. The molecule has 0 N–H and O–H groups in total. The van der Waals surface area contributed by atoms with E-state index in [1.807, 2.05) is 0 Å². The van der Waals surface area contributed by atoms with Crippen LogP contribution < -0.4 is 4.74 Å². The zero-order valence-electron chi connectivity index (χ0n) is 10.2. The van der Waals surface area contributed by atoms with E-state index in [4.69, 9.17) is 9.47 Å². The molecule has 0 saturated heterocycles. The molecule has 0 atom stereocenters. The summed E-state index contributed by atoms with van der Waals surface area (Å²) in [6.07, 6.45) is 2.12. The summed E-state index contributed by atoms with van der Waals surface area (Å²) in [6, 6.07) is 5.22. The first-order valence-corrected chi connectivity index (χ1v) is 6.57. The Morgan fingerprint density at radius 2 is 2.12 bits per heavy atom. The highest BCUT2D eigenvalue weighted by Gasteiger charge is 2.09. The van der Waals surface area contributed by atoms with Crippen molar-refractivity contribution in [2.24, 2.45) is 0 Å². The molecule has 3 nitrogen and oxygen atoms in total. The van der Waals surface area contributed by atoms with Gasteiger partial charge in [-0.3, -0.25) is 0 Å². The third kappa shape index (κ3) is 4.38. The lowest BCUT2D eigenvalue weighted by Crippen LogP contribution is -2.05. The van der Waals surface area contributed by atoms with Gasteiger partial charge >= 0.3 is 5.97 Å². The topological polar surface area (TPSA) is 35.5 Å². The highest BCUT2D eigenvalue weighted by atomic mass is 79.9. The molecule has 0 saturated carbocycles. The van der Waals surface area contributed by atoms with Crippen molar-refractivity contribution in [3.8, 4) is 5.75 Å². The van der Waals surface area contributed by atoms with Gasteiger partial charge in [-0.2, -0.15) is 0 Å². The number of halogens is 1. The monoisotopic (exact) mass is 300 g/mol. The zero-order valence-corrected chi connectivity index (χ0v) is 11.7. The molecular formula is C13H17BrO3. The van der Waals surface area contributed by atoms with Crippen LogP contribution in [0.3, 0.4) is 0 Å². The molecule has 0 aliphatic heterocycles. The van der Waals surface area contributed by atoms with Gasteiger partial charge in [0.2, 0.25) is 0 Å². The predicted molar refractivity (Wildman–Crippen MR) is 70.5 cm³/mol. The third-order valence-corrected chi connectivity index (χ3v) is 2.82. The number of ether oxygens (including phenoxy) is 2. The molecule has 0 aliphatic rings. The number of esters is 1. The second kappa shape index (κ2) is 7.33. The molecule has 4 heteroatoms. The molecule has 0 bridgehead atoms. The van der Waals surface area contributed by atoms with E-state index in [-0.39, 0.29) is 5.97 Å². The Bertz CT molecular complexity index is 377. The molecule has 17 heavy (non-hydrogen) atoms. The fourth-order valence-corrected chi connectivity index (χ4v) is 1.78. The summed E-state index contributed by atoms with van der Waals surface area (Å²) in [4.78, 5) is 11.5. The smallest absolute Gasteiger partial charge is 0.338 e. The molecule has 0 amide bonds. The Kier molecular flexibility index (Phi) is 6.05. The molecule has 0 radical (unpaired) electrons. The predicted octanol–water partition coefficient (Wildman–Crippen LogP) is 3.80. The summed E-state index contributed by atoms with van der Waals surface area (Å²) in [5, 5.41) is 0. The summed E-state index contributed by atoms with van der Waals surface area (Å²) in [5.41, 5.74) is 0.529. The number of unbranched alkanes of at least 4 members (excludes halogenated alkanes) is 1. The van der Waals surface area contributed by atoms with Crippen molar-refractivity contribution < 1.29 is 14.3 Å². The van der Waals surface area contributed by atoms with Gasteiger partial charge in [0, 0.05) is 0 Å². The number of hydrogen-bond donors (Lipinski definition) is 0. The lowest BCUT2D eigenvalue weighted by molar-refractivity contribution is 0.0526. The Labute approximate surface area is 110 Å². The van der Waals surface area contributed by atoms with Crippen LogP contribution >= 0.6 is 15.9 Å². The van der Waals surface area contributed by atoms with Crippen LogP contribution in [0.2, 0.25) is 0 Å². The van der Waals surface area contributed by atoms with Crippen LogP contribution in [-0.2, 0) is 4.74 Å². The average molecular weight is 301 g/mol. The molecule has 0 unspecified atom stereocenters. The summed E-state index contributed by atoms with van der Waals surface area (Å²) < 4.78 is 11.3. The van der Waals surface area contributed by atoms with Crippen molar-refractivity contribution >= 4 is 21.9 Å². The number of rotatable bonds is 6. The second-order valence-corrected chi connectivity index (χ2v) is 4.42. The lowest BCUT2D eigenvalue weighted by Gasteiger charge is -2.09. The van der Waals surface area contributed by atoms with Crippen LogP contribution in [0.15, 0.2) is 22.7 Å². The van der Waals surface area contributed by atoms with Gasteiger partial charge < -0.3 is 9.47 Å². The van der Waals surface area contributed by atoms with Gasteiger partial charge in [0.1, 0.15) is 5.75 Å². The zero-order chi connectivity index (χ0) is 12.7. The fourth-order valence-electron chi connectivity index (χ4n) is 1.29. The first-order valence-electron chi connectivity index (χ1n) is 5.78. The Hall–Kier alpha value is -1.03. The van der Waals surface area contributed by atoms with Crippen LogP contribution in [0.1, 0.15) is 37.0 Å². The SMILES string of the molecule is CCCCOc1ccc(C(=O)OCC)cc1Br. The molecule has 0 aliphatic carbocycles. The highest BCUT2D eigenvalue weighted by Crippen LogP contribution is 2.26. The minimum atomic E-state index is -0.312. The third-order valence-electron chi connectivity index (χ3n) is 2.20. The van der Waals surface area contributed by atoms with E-state index >= 15 is 0 Å². The van der Waals surface area contributed by atoms with Crippen molar-refractivity contribution in [2.75, 3.05) is 13.2 Å². The summed E-state index contributed by atoms with van der Waals surface area (Å²) in [6.45, 7) is 4.97. The normalized spacial score (nSPS) is 10.1. The van der Waals surface area contributed by atoms with Gasteiger partial charge in [-0.25, -0.2) is 4.79 Å². The quantitative estimate of drug-likeness (QED) is 0.592. The maximum atomic E-state index is 11.5. The van der Waals surface area contributed by atoms with Crippen LogP contribution in [0.5, 0.6) is 5.75 Å². The van der Waals surface area contributed by atoms with Crippen LogP contribution in [0.4, 0.5) is 0 Å². The first-order chi connectivity index (χ1) is 8.19. The van der Waals surface area contributed by atoms with Crippen LogP contribution in [0, 0.1) is 0 Å². The van der Waals surface area contributed by atoms with Gasteiger partial charge in [0.15, 0.2) is 0 Å². The van der Waals surface area contributed by atoms with Gasteiger partial charge in [-0.1, -0.05) is 13.3 Å². The van der Waals surface area contributed by atoms with Crippen molar-refractivity contribution in [3.63, 3.8) is 0 Å². The number of carbonyl (C=O) groups is 1. The summed E-state index contributed by atoms with van der Waals surface area (Å²) in [5.74, 6) is 0.444. The number of carbonyl (C=O) groups excluding carboxylic acids is 1. The molecule has 0 aromatic heterocycles. The molecule has 94 valence electrons. The molecule has 0 heterocycles. The second-order valence-electron chi connectivity index (χ2n) is 3.57. The van der Waals surface area contributed by atoms with E-state index in [2.05, 4.69) is 22.9 Å². The lowest BCUT2D eigenvalue weighted by atomic mass is 10.2. The standard InChI is InChI=1S/C13H17BrO3/c1-3-5-8-17-12-7-6-10(9-11(12)14)13(15)16-4-2/h6-7,9H,3-5,8H2,1-2H3. The van der Waals surface area contributed by atoms with E-state index in [1.54, 1.807) is 25.1 Å². The Morgan fingerprint density at radius 1 is 1.35 bits per heavy atom. The molecule has 1 aromatic carbocycles. The van der Waals surface area contributed by atoms with Gasteiger partial charge in [-0.15, -0.1) is 0 Å². The summed E-state index contributed by atoms with van der Waals surface area (Å²) >= 11 is 3.39. The molecule has 1 aromatic rings. The van der Waals surface area contributed by atoms with Crippen LogP contribution in [-0.4, -0.2) is 19.2 Å². The number of benzene rings is 1. The van der Waals surface area contributed by atoms with Crippen molar-refractivity contribution in [3.05, 3.63) is 28.2 Å². The van der Waals surface area contributed by atoms with E-state index in [9.17, 15) is 4.79 Å². The largest absolute Gasteiger partial charge is 0.492 e. The highest BCUT2D eigenvalue weighted by molar-refractivity contribution is 9.10. The minimum absolute atomic E-state index is 0.312. The molecule has 0 spiro atoms. The van der Waals surface area contributed by atoms with Crippen LogP contribution in [0.25, 0.3) is 0 Å². The maximum absolute atomic E-state index is 11.5. The van der Waals surface area contributed by atoms with Crippen molar-refractivity contribution in [1.82, 2.24) is 0 Å². The van der Waals surface area contributed by atoms with E-state index < -0.39 is 0 Å². The van der Waals surface area contributed by atoms with Gasteiger partial charge in [0.05, 0.1) is 23.2 Å². The molecule has 1 rings (SSSR count). The molecule has 0 fully saturated rings. The summed E-state index contributed by atoms with van der Waals surface area (Å²) in [7, 11) is 0. The minimum Gasteiger partial charge on any atom is -0.492 e. The van der Waals surface area contributed by atoms with Gasteiger partial charge in [0.25, 0.3) is 0 Å². The molecular weight excluding hydrogens is 284 g/mol. The van der Waals surface area contributed by atoms with Gasteiger partial charge in [-0.05, 0) is 47.5 Å². The fraction of sp³-hybridized carbons (Fsp3) is 0.462. The number of hydrogen-bond acceptors (Lipinski definition) is 3. The average Bonchev–Trinajstić information content (AvgIpc) is 2.31.